The smallest absolute Gasteiger partial charge is 0.251 e. The lowest BCUT2D eigenvalue weighted by Gasteiger charge is -2.25. The van der Waals surface area contributed by atoms with E-state index in [4.69, 9.17) is 5.73 Å². The van der Waals surface area contributed by atoms with E-state index in [1.165, 1.54) is 12.1 Å². The number of hydrogen-bond acceptors (Lipinski definition) is 2. The molecule has 1 amide bonds. The summed E-state index contributed by atoms with van der Waals surface area (Å²) in [5.74, 6) is -0.0935. The number of anilines is 1. The molecule has 0 radical (unpaired) electrons. The van der Waals surface area contributed by atoms with Crippen LogP contribution in [-0.4, -0.2) is 5.91 Å². The summed E-state index contributed by atoms with van der Waals surface area (Å²) in [6.45, 7) is 0. The summed E-state index contributed by atoms with van der Waals surface area (Å²) >= 11 is 0. The second-order valence-corrected chi connectivity index (χ2v) is 6.18. The first-order valence-corrected chi connectivity index (χ1v) is 8.05. The molecule has 128 valence electrons. The maximum Gasteiger partial charge on any atom is 0.251 e. The van der Waals surface area contributed by atoms with Crippen LogP contribution in [0.1, 0.15) is 47.6 Å². The highest BCUT2D eigenvalue weighted by molar-refractivity contribution is 5.95. The molecule has 2 aromatic rings. The maximum absolute atomic E-state index is 13.6. The zero-order chi connectivity index (χ0) is 16.2. The Hall–Kier alpha value is -2.07. The first-order valence-electron chi connectivity index (χ1n) is 8.05. The van der Waals surface area contributed by atoms with Crippen LogP contribution in [0.2, 0.25) is 0 Å². The number of hydrogen-bond donors (Lipinski definition) is 2. The molecule has 1 unspecified atom stereocenters. The van der Waals surface area contributed by atoms with Crippen molar-refractivity contribution >= 4 is 24.0 Å². The van der Waals surface area contributed by atoms with Gasteiger partial charge in [0.25, 0.3) is 5.91 Å². The Balaban J connectivity index is 0.00000208. The number of carbonyl (C=O) groups is 1. The molecule has 0 saturated heterocycles. The van der Waals surface area contributed by atoms with Gasteiger partial charge in [-0.1, -0.05) is 31.0 Å². The second kappa shape index (κ2) is 8.15. The van der Waals surface area contributed by atoms with Crippen molar-refractivity contribution in [2.24, 2.45) is 5.92 Å². The van der Waals surface area contributed by atoms with Crippen molar-refractivity contribution in [3.8, 4) is 0 Å². The summed E-state index contributed by atoms with van der Waals surface area (Å²) in [5, 5.41) is 3.08. The molecule has 2 aromatic carbocycles. The van der Waals surface area contributed by atoms with Gasteiger partial charge in [-0.25, -0.2) is 4.39 Å². The molecule has 0 aromatic heterocycles. The number of rotatable bonds is 4. The fraction of sp³-hybridized carbons (Fsp3) is 0.316. The van der Waals surface area contributed by atoms with Crippen molar-refractivity contribution in [1.82, 2.24) is 5.32 Å². The van der Waals surface area contributed by atoms with E-state index in [2.05, 4.69) is 5.32 Å². The van der Waals surface area contributed by atoms with E-state index in [1.807, 2.05) is 6.07 Å². The molecule has 1 saturated carbocycles. The zero-order valence-corrected chi connectivity index (χ0v) is 14.2. The Labute approximate surface area is 147 Å². The second-order valence-electron chi connectivity index (χ2n) is 6.18. The highest BCUT2D eigenvalue weighted by Crippen LogP contribution is 2.36. The van der Waals surface area contributed by atoms with Crippen molar-refractivity contribution in [2.45, 2.75) is 31.7 Å². The summed E-state index contributed by atoms with van der Waals surface area (Å²) in [6.07, 6.45) is 4.42. The Bertz CT molecular complexity index is 701. The molecule has 3 nitrogen and oxygen atoms in total. The quantitative estimate of drug-likeness (QED) is 0.800. The van der Waals surface area contributed by atoms with Gasteiger partial charge in [-0.2, -0.15) is 0 Å². The monoisotopic (exact) mass is 348 g/mol. The van der Waals surface area contributed by atoms with Gasteiger partial charge in [0, 0.05) is 11.3 Å². The van der Waals surface area contributed by atoms with Crippen molar-refractivity contribution < 1.29 is 9.18 Å². The SMILES string of the molecule is Cl.Nc1cccc(C(=O)NC(c2cccc(F)c2)C2CCCC2)c1. The van der Waals surface area contributed by atoms with Gasteiger partial charge in [-0.15, -0.1) is 12.4 Å². The standard InChI is InChI=1S/C19H21FN2O.ClH/c20-16-9-3-7-14(11-16)18(13-5-1-2-6-13)22-19(23)15-8-4-10-17(21)12-15;/h3-4,7-13,18H,1-2,5-6,21H2,(H,22,23);1H. The maximum atomic E-state index is 13.6. The van der Waals surface area contributed by atoms with Crippen molar-refractivity contribution in [1.29, 1.82) is 0 Å². The van der Waals surface area contributed by atoms with Crippen LogP contribution < -0.4 is 11.1 Å². The number of benzene rings is 2. The lowest BCUT2D eigenvalue weighted by Crippen LogP contribution is -2.32. The Morgan fingerprint density at radius 2 is 1.83 bits per heavy atom. The van der Waals surface area contributed by atoms with E-state index in [0.717, 1.165) is 31.2 Å². The Morgan fingerprint density at radius 1 is 1.12 bits per heavy atom. The van der Waals surface area contributed by atoms with Crippen LogP contribution in [0.4, 0.5) is 10.1 Å². The highest BCUT2D eigenvalue weighted by atomic mass is 35.5. The average Bonchev–Trinajstić information content (AvgIpc) is 3.06. The molecule has 1 aliphatic rings. The van der Waals surface area contributed by atoms with Gasteiger partial charge >= 0.3 is 0 Å². The molecule has 3 rings (SSSR count). The molecule has 0 spiro atoms. The third-order valence-corrected chi connectivity index (χ3v) is 4.51. The molecule has 1 aliphatic carbocycles. The summed E-state index contributed by atoms with van der Waals surface area (Å²) in [6, 6.07) is 13.3. The molecule has 3 N–H and O–H groups in total. The van der Waals surface area contributed by atoms with E-state index >= 15 is 0 Å². The predicted molar refractivity (Wildman–Crippen MR) is 96.7 cm³/mol. The molecule has 1 atom stereocenters. The van der Waals surface area contributed by atoms with Gasteiger partial charge in [-0.3, -0.25) is 4.79 Å². The third kappa shape index (κ3) is 4.26. The largest absolute Gasteiger partial charge is 0.399 e. The third-order valence-electron chi connectivity index (χ3n) is 4.51. The molecule has 5 heteroatoms. The average molecular weight is 349 g/mol. The Kier molecular flexibility index (Phi) is 6.21. The molecule has 0 aliphatic heterocycles. The summed E-state index contributed by atoms with van der Waals surface area (Å²) in [5.41, 5.74) is 7.67. The van der Waals surface area contributed by atoms with E-state index in [9.17, 15) is 9.18 Å². The fourth-order valence-corrected chi connectivity index (χ4v) is 3.37. The van der Waals surface area contributed by atoms with Crippen LogP contribution in [0.15, 0.2) is 48.5 Å². The van der Waals surface area contributed by atoms with Crippen molar-refractivity contribution in [3.63, 3.8) is 0 Å². The van der Waals surface area contributed by atoms with Crippen LogP contribution >= 0.6 is 12.4 Å². The van der Waals surface area contributed by atoms with Crippen molar-refractivity contribution in [2.75, 3.05) is 5.73 Å². The van der Waals surface area contributed by atoms with Gasteiger partial charge in [-0.05, 0) is 54.7 Å². The van der Waals surface area contributed by atoms with Gasteiger partial charge in [0.15, 0.2) is 0 Å². The number of amides is 1. The van der Waals surface area contributed by atoms with E-state index in [1.54, 1.807) is 30.3 Å². The van der Waals surface area contributed by atoms with Crippen LogP contribution in [-0.2, 0) is 0 Å². The summed E-state index contributed by atoms with van der Waals surface area (Å²) < 4.78 is 13.6. The summed E-state index contributed by atoms with van der Waals surface area (Å²) in [7, 11) is 0. The number of nitrogens with one attached hydrogen (secondary N) is 1. The van der Waals surface area contributed by atoms with Gasteiger partial charge in [0.1, 0.15) is 5.82 Å². The fourth-order valence-electron chi connectivity index (χ4n) is 3.37. The first kappa shape index (κ1) is 18.3. The molecular formula is C19H22ClFN2O. The zero-order valence-electron chi connectivity index (χ0n) is 13.4. The minimum absolute atomic E-state index is 0. The van der Waals surface area contributed by atoms with E-state index in [-0.39, 0.29) is 30.2 Å². The van der Waals surface area contributed by atoms with E-state index < -0.39 is 0 Å². The summed E-state index contributed by atoms with van der Waals surface area (Å²) in [4.78, 5) is 12.6. The topological polar surface area (TPSA) is 55.1 Å². The highest BCUT2D eigenvalue weighted by Gasteiger charge is 2.28. The minimum atomic E-state index is -0.274. The molecule has 0 bridgehead atoms. The lowest BCUT2D eigenvalue weighted by atomic mass is 9.91. The minimum Gasteiger partial charge on any atom is -0.399 e. The molecule has 0 heterocycles. The van der Waals surface area contributed by atoms with Crippen LogP contribution in [0.3, 0.4) is 0 Å². The first-order chi connectivity index (χ1) is 11.1. The van der Waals surface area contributed by atoms with Crippen LogP contribution in [0.25, 0.3) is 0 Å². The van der Waals surface area contributed by atoms with Gasteiger partial charge in [0.05, 0.1) is 6.04 Å². The Morgan fingerprint density at radius 3 is 2.50 bits per heavy atom. The number of halogens is 2. The number of carbonyl (C=O) groups excluding carboxylic acids is 1. The molecule has 24 heavy (non-hydrogen) atoms. The molecule has 1 fully saturated rings. The lowest BCUT2D eigenvalue weighted by molar-refractivity contribution is 0.0921. The molecular weight excluding hydrogens is 327 g/mol. The number of nitrogen functional groups attached to an aromatic ring is 1. The van der Waals surface area contributed by atoms with Gasteiger partial charge < -0.3 is 11.1 Å². The van der Waals surface area contributed by atoms with Crippen LogP contribution in [0.5, 0.6) is 0 Å². The van der Waals surface area contributed by atoms with Gasteiger partial charge in [0.2, 0.25) is 0 Å². The van der Waals surface area contributed by atoms with E-state index in [0.29, 0.717) is 17.2 Å². The normalized spacial score (nSPS) is 15.5. The van der Waals surface area contributed by atoms with Crippen molar-refractivity contribution in [3.05, 3.63) is 65.5 Å². The predicted octanol–water partition coefficient (Wildman–Crippen LogP) is 4.49. The van der Waals surface area contributed by atoms with Crippen LogP contribution in [0, 0.1) is 11.7 Å². The number of nitrogens with two attached hydrogens (primary N) is 1.